The predicted octanol–water partition coefficient (Wildman–Crippen LogP) is 5.22. The molecule has 8 nitrogen and oxygen atoms in total. The van der Waals surface area contributed by atoms with Crippen LogP contribution in [0.4, 0.5) is 0 Å². The van der Waals surface area contributed by atoms with Crippen LogP contribution < -0.4 is 10.3 Å². The van der Waals surface area contributed by atoms with E-state index in [9.17, 15) is 4.79 Å². The second-order valence-electron chi connectivity index (χ2n) is 9.33. The zero-order valence-corrected chi connectivity index (χ0v) is 21.9. The number of rotatable bonds is 5. The number of hydrogen-bond donors (Lipinski definition) is 0. The Labute approximate surface area is 213 Å². The maximum absolute atomic E-state index is 13.3. The summed E-state index contributed by atoms with van der Waals surface area (Å²) in [6.07, 6.45) is 3.61. The molecule has 10 heteroatoms. The number of halogens is 2. The van der Waals surface area contributed by atoms with Crippen molar-refractivity contribution in [2.75, 3.05) is 0 Å². The molecule has 0 fully saturated rings. The molecule has 0 aliphatic rings. The summed E-state index contributed by atoms with van der Waals surface area (Å²) >= 11 is 12.9. The highest BCUT2D eigenvalue weighted by molar-refractivity contribution is 6.33. The van der Waals surface area contributed by atoms with Crippen molar-refractivity contribution in [1.82, 2.24) is 29.3 Å². The van der Waals surface area contributed by atoms with Gasteiger partial charge in [0.2, 0.25) is 5.88 Å². The van der Waals surface area contributed by atoms with Crippen LogP contribution in [0.3, 0.4) is 0 Å². The minimum atomic E-state index is -0.482. The standard InChI is InChI=1S/C25H26Cl2N6O2/c1-14-12-28-24(25(3,4)5)30-21(14)16-7-8-18(26)19(11-16)33-15(2)29-22(20(27)23(33)34)35-13-17-9-10-32(6)31-17/h7-12H,13H2,1-6H3. The Bertz CT molecular complexity index is 1470. The van der Waals surface area contributed by atoms with Crippen molar-refractivity contribution in [3.8, 4) is 22.8 Å². The highest BCUT2D eigenvalue weighted by Crippen LogP contribution is 2.31. The van der Waals surface area contributed by atoms with Crippen molar-refractivity contribution in [2.24, 2.45) is 7.05 Å². The van der Waals surface area contributed by atoms with Crippen molar-refractivity contribution in [3.05, 3.63) is 80.0 Å². The third-order valence-corrected chi connectivity index (χ3v) is 6.04. The maximum Gasteiger partial charge on any atom is 0.280 e. The van der Waals surface area contributed by atoms with Crippen molar-refractivity contribution in [1.29, 1.82) is 0 Å². The van der Waals surface area contributed by atoms with E-state index in [1.165, 1.54) is 4.57 Å². The summed E-state index contributed by atoms with van der Waals surface area (Å²) in [6.45, 7) is 9.95. The van der Waals surface area contributed by atoms with E-state index in [2.05, 4.69) is 35.8 Å². The summed E-state index contributed by atoms with van der Waals surface area (Å²) in [4.78, 5) is 27.0. The second kappa shape index (κ2) is 9.43. The number of benzene rings is 1. The molecule has 0 aliphatic carbocycles. The van der Waals surface area contributed by atoms with Crippen LogP contribution in [0.15, 0.2) is 41.5 Å². The third-order valence-electron chi connectivity index (χ3n) is 5.39. The first-order valence-corrected chi connectivity index (χ1v) is 11.8. The lowest BCUT2D eigenvalue weighted by atomic mass is 9.95. The van der Waals surface area contributed by atoms with Crippen LogP contribution in [-0.2, 0) is 19.1 Å². The van der Waals surface area contributed by atoms with Crippen LogP contribution in [0.1, 0.15) is 43.7 Å². The molecule has 1 aromatic carbocycles. The van der Waals surface area contributed by atoms with Gasteiger partial charge in [-0.2, -0.15) is 10.1 Å². The molecule has 0 saturated carbocycles. The van der Waals surface area contributed by atoms with Gasteiger partial charge in [0.15, 0.2) is 5.02 Å². The molecule has 4 rings (SSSR count). The second-order valence-corrected chi connectivity index (χ2v) is 10.1. The van der Waals surface area contributed by atoms with E-state index in [-0.39, 0.29) is 22.9 Å². The monoisotopic (exact) mass is 512 g/mol. The molecule has 0 spiro atoms. The molecule has 0 aliphatic heterocycles. The van der Waals surface area contributed by atoms with Crippen molar-refractivity contribution >= 4 is 23.2 Å². The summed E-state index contributed by atoms with van der Waals surface area (Å²) in [6, 6.07) is 7.22. The third kappa shape index (κ3) is 5.09. The Morgan fingerprint density at radius 3 is 2.49 bits per heavy atom. The first kappa shape index (κ1) is 24.9. The molecule has 3 heterocycles. The Kier molecular flexibility index (Phi) is 6.71. The minimum absolute atomic E-state index is 0.0461. The summed E-state index contributed by atoms with van der Waals surface area (Å²) in [5.74, 6) is 1.15. The van der Waals surface area contributed by atoms with Crippen LogP contribution in [-0.4, -0.2) is 29.3 Å². The zero-order chi connectivity index (χ0) is 25.5. The predicted molar refractivity (Wildman–Crippen MR) is 137 cm³/mol. The molecule has 3 aromatic heterocycles. The van der Waals surface area contributed by atoms with Crippen molar-refractivity contribution < 1.29 is 4.74 Å². The van der Waals surface area contributed by atoms with Crippen LogP contribution in [0.2, 0.25) is 10.0 Å². The van der Waals surface area contributed by atoms with Gasteiger partial charge >= 0.3 is 0 Å². The fourth-order valence-electron chi connectivity index (χ4n) is 3.57. The molecule has 35 heavy (non-hydrogen) atoms. The Hall–Kier alpha value is -3.23. The van der Waals surface area contributed by atoms with Gasteiger partial charge in [-0.1, -0.05) is 50.0 Å². The van der Waals surface area contributed by atoms with Gasteiger partial charge in [0.05, 0.1) is 22.1 Å². The fraction of sp³-hybridized carbons (Fsp3) is 0.320. The smallest absolute Gasteiger partial charge is 0.280 e. The average Bonchev–Trinajstić information content (AvgIpc) is 3.21. The highest BCUT2D eigenvalue weighted by Gasteiger charge is 2.21. The summed E-state index contributed by atoms with van der Waals surface area (Å²) in [5, 5.41) is 4.49. The molecule has 182 valence electrons. The number of nitrogens with zero attached hydrogens (tertiary/aromatic N) is 6. The van der Waals surface area contributed by atoms with Crippen LogP contribution >= 0.6 is 23.2 Å². The topological polar surface area (TPSA) is 87.7 Å². The Balaban J connectivity index is 1.76. The normalized spacial score (nSPS) is 11.7. The van der Waals surface area contributed by atoms with Gasteiger partial charge in [0.25, 0.3) is 5.56 Å². The lowest BCUT2D eigenvalue weighted by Crippen LogP contribution is -2.24. The molecular weight excluding hydrogens is 487 g/mol. The molecule has 0 saturated heterocycles. The van der Waals surface area contributed by atoms with E-state index in [1.807, 2.05) is 32.2 Å². The van der Waals surface area contributed by atoms with Gasteiger partial charge in [-0.25, -0.2) is 9.97 Å². The first-order chi connectivity index (χ1) is 16.5. The molecule has 0 N–H and O–H groups in total. The molecule has 0 radical (unpaired) electrons. The number of ether oxygens (including phenoxy) is 1. The molecule has 0 amide bonds. The zero-order valence-electron chi connectivity index (χ0n) is 20.4. The number of hydrogen-bond acceptors (Lipinski definition) is 6. The Morgan fingerprint density at radius 2 is 1.83 bits per heavy atom. The number of aryl methyl sites for hydroxylation is 3. The van der Waals surface area contributed by atoms with E-state index in [1.54, 1.807) is 30.1 Å². The van der Waals surface area contributed by atoms with Crippen LogP contribution in [0.5, 0.6) is 5.88 Å². The van der Waals surface area contributed by atoms with E-state index in [4.69, 9.17) is 32.9 Å². The van der Waals surface area contributed by atoms with Crippen molar-refractivity contribution in [3.63, 3.8) is 0 Å². The van der Waals surface area contributed by atoms with E-state index in [0.29, 0.717) is 22.2 Å². The first-order valence-electron chi connectivity index (χ1n) is 11.0. The molecule has 0 atom stereocenters. The summed E-state index contributed by atoms with van der Waals surface area (Å²) in [5.41, 5.74) is 2.92. The molecule has 0 bridgehead atoms. The largest absolute Gasteiger partial charge is 0.470 e. The van der Waals surface area contributed by atoms with Gasteiger partial charge < -0.3 is 4.74 Å². The fourth-order valence-corrected chi connectivity index (χ4v) is 3.95. The Morgan fingerprint density at radius 1 is 1.09 bits per heavy atom. The lowest BCUT2D eigenvalue weighted by Gasteiger charge is -2.19. The minimum Gasteiger partial charge on any atom is -0.470 e. The van der Waals surface area contributed by atoms with Gasteiger partial charge in [0.1, 0.15) is 18.3 Å². The number of aromatic nitrogens is 6. The molecular formula is C25H26Cl2N6O2. The SMILES string of the molecule is Cc1cnc(C(C)(C)C)nc1-c1ccc(Cl)c(-n2c(C)nc(OCc3ccn(C)n3)c(Cl)c2=O)c1. The molecule has 4 aromatic rings. The van der Waals surface area contributed by atoms with Crippen molar-refractivity contribution in [2.45, 2.75) is 46.6 Å². The summed E-state index contributed by atoms with van der Waals surface area (Å²) in [7, 11) is 1.81. The van der Waals surface area contributed by atoms with Gasteiger partial charge in [-0.15, -0.1) is 0 Å². The van der Waals surface area contributed by atoms with Gasteiger partial charge in [0, 0.05) is 30.4 Å². The quantitative estimate of drug-likeness (QED) is 0.364. The highest BCUT2D eigenvalue weighted by atomic mass is 35.5. The summed E-state index contributed by atoms with van der Waals surface area (Å²) < 4.78 is 8.73. The maximum atomic E-state index is 13.3. The average molecular weight is 513 g/mol. The molecule has 0 unspecified atom stereocenters. The van der Waals surface area contributed by atoms with E-state index >= 15 is 0 Å². The lowest BCUT2D eigenvalue weighted by molar-refractivity contribution is 0.286. The van der Waals surface area contributed by atoms with Crippen LogP contribution in [0.25, 0.3) is 16.9 Å². The van der Waals surface area contributed by atoms with Gasteiger partial charge in [-0.05, 0) is 37.6 Å². The van der Waals surface area contributed by atoms with E-state index < -0.39 is 5.56 Å². The van der Waals surface area contributed by atoms with Crippen LogP contribution in [0, 0.1) is 13.8 Å². The van der Waals surface area contributed by atoms with E-state index in [0.717, 1.165) is 22.6 Å². The van der Waals surface area contributed by atoms with Gasteiger partial charge in [-0.3, -0.25) is 14.0 Å².